The highest BCUT2D eigenvalue weighted by molar-refractivity contribution is 5.02. The van der Waals surface area contributed by atoms with Crippen LogP contribution in [0.4, 0.5) is 0 Å². The molecule has 18 heavy (non-hydrogen) atoms. The lowest BCUT2D eigenvalue weighted by molar-refractivity contribution is -0.0686. The second-order valence-electron chi connectivity index (χ2n) is 6.61. The molecule has 0 aromatic carbocycles. The number of nitrogens with zero attached hydrogens (tertiary/aromatic N) is 1. The standard InChI is InChI=1S/C15H28N2O/c1-17(12-13-11-16-9-10-18-13)14-5-8-15(14)6-3-2-4-7-15/h13-14,16H,2-12H2,1H3. The minimum absolute atomic E-state index is 0.407. The van der Waals surface area contributed by atoms with E-state index in [0.29, 0.717) is 11.5 Å². The lowest BCUT2D eigenvalue weighted by Crippen LogP contribution is -2.57. The second-order valence-corrected chi connectivity index (χ2v) is 6.61. The molecule has 2 saturated carbocycles. The van der Waals surface area contributed by atoms with Crippen LogP contribution in [0.15, 0.2) is 0 Å². The Hall–Kier alpha value is -0.120. The summed E-state index contributed by atoms with van der Waals surface area (Å²) in [6.45, 7) is 4.05. The fraction of sp³-hybridized carbons (Fsp3) is 1.00. The van der Waals surface area contributed by atoms with Gasteiger partial charge in [0, 0.05) is 25.7 Å². The zero-order valence-corrected chi connectivity index (χ0v) is 11.8. The summed E-state index contributed by atoms with van der Waals surface area (Å²) >= 11 is 0. The molecule has 3 heteroatoms. The van der Waals surface area contributed by atoms with Crippen molar-refractivity contribution in [1.82, 2.24) is 10.2 Å². The summed E-state index contributed by atoms with van der Waals surface area (Å²) in [6, 6.07) is 0.836. The van der Waals surface area contributed by atoms with E-state index in [0.717, 1.165) is 32.3 Å². The van der Waals surface area contributed by atoms with Gasteiger partial charge in [-0.05, 0) is 38.1 Å². The Morgan fingerprint density at radius 2 is 2.06 bits per heavy atom. The van der Waals surface area contributed by atoms with Gasteiger partial charge in [-0.15, -0.1) is 0 Å². The van der Waals surface area contributed by atoms with Crippen LogP contribution in [-0.2, 0) is 4.74 Å². The summed E-state index contributed by atoms with van der Waals surface area (Å²) < 4.78 is 5.84. The maximum absolute atomic E-state index is 5.84. The quantitative estimate of drug-likeness (QED) is 0.831. The number of hydrogen-bond acceptors (Lipinski definition) is 3. The molecule has 2 atom stereocenters. The lowest BCUT2D eigenvalue weighted by Gasteiger charge is -2.56. The van der Waals surface area contributed by atoms with Gasteiger partial charge < -0.3 is 15.0 Å². The van der Waals surface area contributed by atoms with Gasteiger partial charge in [-0.1, -0.05) is 19.3 Å². The van der Waals surface area contributed by atoms with E-state index >= 15 is 0 Å². The predicted octanol–water partition coefficient (Wildman–Crippen LogP) is 2.02. The van der Waals surface area contributed by atoms with E-state index in [1.165, 1.54) is 44.9 Å². The van der Waals surface area contributed by atoms with Crippen molar-refractivity contribution in [3.8, 4) is 0 Å². The molecule has 0 bridgehead atoms. The fourth-order valence-corrected chi connectivity index (χ4v) is 4.39. The predicted molar refractivity (Wildman–Crippen MR) is 73.8 cm³/mol. The van der Waals surface area contributed by atoms with Crippen molar-refractivity contribution in [3.63, 3.8) is 0 Å². The second kappa shape index (κ2) is 5.48. The molecule has 0 radical (unpaired) electrons. The largest absolute Gasteiger partial charge is 0.374 e. The van der Waals surface area contributed by atoms with Gasteiger partial charge in [0.1, 0.15) is 0 Å². The molecular formula is C15H28N2O. The molecule has 0 aromatic rings. The van der Waals surface area contributed by atoms with Crippen molar-refractivity contribution >= 4 is 0 Å². The molecule has 0 amide bonds. The molecule has 3 nitrogen and oxygen atoms in total. The van der Waals surface area contributed by atoms with E-state index in [9.17, 15) is 0 Å². The minimum Gasteiger partial charge on any atom is -0.374 e. The van der Waals surface area contributed by atoms with Crippen LogP contribution >= 0.6 is 0 Å². The molecule has 0 aromatic heterocycles. The molecule has 1 heterocycles. The first-order chi connectivity index (χ1) is 8.80. The van der Waals surface area contributed by atoms with Crippen molar-refractivity contribution in [2.24, 2.45) is 5.41 Å². The molecule has 1 aliphatic heterocycles. The zero-order chi connectivity index (χ0) is 12.4. The Morgan fingerprint density at radius 1 is 1.22 bits per heavy atom. The first-order valence-electron chi connectivity index (χ1n) is 7.83. The van der Waals surface area contributed by atoms with Crippen molar-refractivity contribution in [2.75, 3.05) is 33.3 Å². The van der Waals surface area contributed by atoms with Gasteiger partial charge in [-0.25, -0.2) is 0 Å². The maximum atomic E-state index is 5.84. The smallest absolute Gasteiger partial charge is 0.0826 e. The SMILES string of the molecule is CN(CC1CNCCO1)C1CCC12CCCCC2. The van der Waals surface area contributed by atoms with Gasteiger partial charge in [-0.2, -0.15) is 0 Å². The molecule has 3 rings (SSSR count). The third-order valence-electron chi connectivity index (χ3n) is 5.50. The van der Waals surface area contributed by atoms with Gasteiger partial charge in [0.05, 0.1) is 12.7 Å². The Kier molecular flexibility index (Phi) is 3.92. The number of hydrogen-bond donors (Lipinski definition) is 1. The van der Waals surface area contributed by atoms with Crippen LogP contribution in [0.5, 0.6) is 0 Å². The Balaban J connectivity index is 1.53. The van der Waals surface area contributed by atoms with Crippen LogP contribution in [0.3, 0.4) is 0 Å². The first kappa shape index (κ1) is 12.9. The van der Waals surface area contributed by atoms with Crippen LogP contribution in [0.25, 0.3) is 0 Å². The van der Waals surface area contributed by atoms with Crippen LogP contribution in [0, 0.1) is 5.41 Å². The van der Waals surface area contributed by atoms with E-state index in [2.05, 4.69) is 17.3 Å². The minimum atomic E-state index is 0.407. The van der Waals surface area contributed by atoms with Gasteiger partial charge in [-0.3, -0.25) is 0 Å². The molecule has 1 N–H and O–H groups in total. The van der Waals surface area contributed by atoms with E-state index in [1.54, 1.807) is 0 Å². The maximum Gasteiger partial charge on any atom is 0.0826 e. The van der Waals surface area contributed by atoms with Crippen LogP contribution in [0.2, 0.25) is 0 Å². The fourth-order valence-electron chi connectivity index (χ4n) is 4.39. The van der Waals surface area contributed by atoms with E-state index in [1.807, 2.05) is 0 Å². The lowest BCUT2D eigenvalue weighted by atomic mass is 9.57. The normalized spacial score (nSPS) is 35.7. The van der Waals surface area contributed by atoms with E-state index in [-0.39, 0.29) is 0 Å². The highest BCUT2D eigenvalue weighted by Crippen LogP contribution is 2.53. The summed E-state index contributed by atoms with van der Waals surface area (Å²) in [6.07, 6.45) is 10.6. The highest BCUT2D eigenvalue weighted by Gasteiger charge is 2.48. The molecule has 3 aliphatic rings. The Morgan fingerprint density at radius 3 is 2.67 bits per heavy atom. The molecule has 1 saturated heterocycles. The third-order valence-corrected chi connectivity index (χ3v) is 5.50. The van der Waals surface area contributed by atoms with Gasteiger partial charge >= 0.3 is 0 Å². The molecule has 2 aliphatic carbocycles. The van der Waals surface area contributed by atoms with Crippen LogP contribution < -0.4 is 5.32 Å². The van der Waals surface area contributed by atoms with Crippen LogP contribution in [-0.4, -0.2) is 50.3 Å². The number of morpholine rings is 1. The van der Waals surface area contributed by atoms with Crippen molar-refractivity contribution in [3.05, 3.63) is 0 Å². The number of ether oxygens (including phenoxy) is 1. The molecule has 3 fully saturated rings. The first-order valence-corrected chi connectivity index (χ1v) is 7.83. The topological polar surface area (TPSA) is 24.5 Å². The van der Waals surface area contributed by atoms with Crippen molar-refractivity contribution < 1.29 is 4.74 Å². The number of rotatable bonds is 3. The average molecular weight is 252 g/mol. The summed E-state index contributed by atoms with van der Waals surface area (Å²) in [4.78, 5) is 2.60. The highest BCUT2D eigenvalue weighted by atomic mass is 16.5. The summed E-state index contributed by atoms with van der Waals surface area (Å²) in [7, 11) is 2.32. The number of likely N-dealkylation sites (N-methyl/N-ethyl adjacent to an activating group) is 1. The van der Waals surface area contributed by atoms with Gasteiger partial charge in [0.2, 0.25) is 0 Å². The van der Waals surface area contributed by atoms with Crippen molar-refractivity contribution in [2.45, 2.75) is 57.1 Å². The molecule has 2 unspecified atom stereocenters. The average Bonchev–Trinajstić information content (AvgIpc) is 2.39. The third kappa shape index (κ3) is 2.45. The molecule has 104 valence electrons. The Bertz CT molecular complexity index is 270. The zero-order valence-electron chi connectivity index (χ0n) is 11.8. The summed E-state index contributed by atoms with van der Waals surface area (Å²) in [5.74, 6) is 0. The van der Waals surface area contributed by atoms with E-state index < -0.39 is 0 Å². The van der Waals surface area contributed by atoms with Crippen LogP contribution in [0.1, 0.15) is 44.9 Å². The Labute approximate surface area is 111 Å². The summed E-state index contributed by atoms with van der Waals surface area (Å²) in [5, 5.41) is 3.43. The van der Waals surface area contributed by atoms with Crippen molar-refractivity contribution in [1.29, 1.82) is 0 Å². The molecule has 1 spiro atoms. The monoisotopic (exact) mass is 252 g/mol. The van der Waals surface area contributed by atoms with E-state index in [4.69, 9.17) is 4.74 Å². The molecular weight excluding hydrogens is 224 g/mol. The summed E-state index contributed by atoms with van der Waals surface area (Å²) in [5.41, 5.74) is 0.690. The van der Waals surface area contributed by atoms with Gasteiger partial charge in [0.25, 0.3) is 0 Å². The van der Waals surface area contributed by atoms with Gasteiger partial charge in [0.15, 0.2) is 0 Å². The number of nitrogens with one attached hydrogen (secondary N) is 1.